The average molecular weight is 319 g/mol. The molecule has 1 aliphatic carbocycles. The summed E-state index contributed by atoms with van der Waals surface area (Å²) in [7, 11) is 0. The molecule has 7 nitrogen and oxygen atoms in total. The summed E-state index contributed by atoms with van der Waals surface area (Å²) in [4.78, 5) is 4.52. The minimum absolute atomic E-state index is 0.579. The normalized spacial score (nSPS) is 14.5. The molecule has 7 heteroatoms. The van der Waals surface area contributed by atoms with Crippen LogP contribution in [0.2, 0.25) is 0 Å². The Bertz CT molecular complexity index is 1040. The van der Waals surface area contributed by atoms with Crippen molar-refractivity contribution in [1.82, 2.24) is 29.2 Å². The van der Waals surface area contributed by atoms with Crippen molar-refractivity contribution >= 4 is 17.0 Å². The Kier molecular flexibility index (Phi) is 2.82. The Morgan fingerprint density at radius 3 is 3.08 bits per heavy atom. The Balaban J connectivity index is 1.50. The second-order valence-corrected chi connectivity index (χ2v) is 6.34. The molecule has 0 amide bonds. The first-order valence-corrected chi connectivity index (χ1v) is 8.16. The van der Waals surface area contributed by atoms with E-state index in [9.17, 15) is 0 Å². The average Bonchev–Trinajstić information content (AvgIpc) is 3.18. The Hall–Kier alpha value is -2.96. The summed E-state index contributed by atoms with van der Waals surface area (Å²) < 4.78 is 3.88. The smallest absolute Gasteiger partial charge is 0.200 e. The molecule has 0 unspecified atom stereocenters. The predicted molar refractivity (Wildman–Crippen MR) is 90.0 cm³/mol. The number of nitrogens with zero attached hydrogens (tertiary/aromatic N) is 6. The van der Waals surface area contributed by atoms with E-state index in [4.69, 9.17) is 0 Å². The molecule has 24 heavy (non-hydrogen) atoms. The molecule has 5 rings (SSSR count). The molecule has 0 aliphatic heterocycles. The van der Waals surface area contributed by atoms with Gasteiger partial charge in [0, 0.05) is 12.1 Å². The SMILES string of the molecule is Cc1cccn2c(CNc3cc(C4CC4)nn4cnnc34)cnc12. The van der Waals surface area contributed by atoms with Crippen LogP contribution in [0.15, 0.2) is 36.9 Å². The topological polar surface area (TPSA) is 72.4 Å². The molecule has 1 N–H and O–H groups in total. The third-order valence-corrected chi connectivity index (χ3v) is 4.55. The van der Waals surface area contributed by atoms with Crippen LogP contribution in [-0.2, 0) is 6.54 Å². The Morgan fingerprint density at radius 1 is 1.29 bits per heavy atom. The van der Waals surface area contributed by atoms with Gasteiger partial charge in [-0.3, -0.25) is 0 Å². The fraction of sp³-hybridized carbons (Fsp3) is 0.294. The van der Waals surface area contributed by atoms with E-state index in [-0.39, 0.29) is 0 Å². The van der Waals surface area contributed by atoms with E-state index in [2.05, 4.69) is 49.1 Å². The highest BCUT2D eigenvalue weighted by Crippen LogP contribution is 2.39. The van der Waals surface area contributed by atoms with E-state index >= 15 is 0 Å². The molecule has 1 saturated carbocycles. The van der Waals surface area contributed by atoms with Crippen molar-refractivity contribution < 1.29 is 0 Å². The highest BCUT2D eigenvalue weighted by molar-refractivity contribution is 5.67. The zero-order valence-corrected chi connectivity index (χ0v) is 13.3. The minimum atomic E-state index is 0.579. The van der Waals surface area contributed by atoms with Gasteiger partial charge in [-0.25, -0.2) is 4.98 Å². The Morgan fingerprint density at radius 2 is 2.21 bits per heavy atom. The number of aromatic nitrogens is 6. The lowest BCUT2D eigenvalue weighted by Gasteiger charge is -2.09. The van der Waals surface area contributed by atoms with Crippen LogP contribution in [0.1, 0.15) is 35.7 Å². The minimum Gasteiger partial charge on any atom is -0.376 e. The van der Waals surface area contributed by atoms with Crippen LogP contribution in [-0.4, -0.2) is 29.2 Å². The lowest BCUT2D eigenvalue weighted by atomic mass is 10.2. The molecule has 0 spiro atoms. The highest BCUT2D eigenvalue weighted by atomic mass is 15.3. The largest absolute Gasteiger partial charge is 0.376 e. The van der Waals surface area contributed by atoms with Gasteiger partial charge in [0.25, 0.3) is 0 Å². The number of fused-ring (bicyclic) bond motifs is 2. The number of anilines is 1. The summed E-state index contributed by atoms with van der Waals surface area (Å²) in [5, 5.41) is 16.2. The fourth-order valence-electron chi connectivity index (χ4n) is 3.07. The second-order valence-electron chi connectivity index (χ2n) is 6.34. The van der Waals surface area contributed by atoms with Crippen LogP contribution in [0.3, 0.4) is 0 Å². The molecular weight excluding hydrogens is 302 g/mol. The van der Waals surface area contributed by atoms with Gasteiger partial charge in [0.2, 0.25) is 5.65 Å². The molecule has 0 atom stereocenters. The van der Waals surface area contributed by atoms with Crippen molar-refractivity contribution in [2.24, 2.45) is 0 Å². The number of aryl methyl sites for hydroxylation is 1. The number of rotatable bonds is 4. The van der Waals surface area contributed by atoms with E-state index < -0.39 is 0 Å². The van der Waals surface area contributed by atoms with Crippen LogP contribution in [0.5, 0.6) is 0 Å². The molecule has 0 radical (unpaired) electrons. The number of pyridine rings is 1. The van der Waals surface area contributed by atoms with Crippen LogP contribution in [0.4, 0.5) is 5.69 Å². The molecular formula is C17H17N7. The van der Waals surface area contributed by atoms with Gasteiger partial charge >= 0.3 is 0 Å². The molecule has 120 valence electrons. The first-order chi connectivity index (χ1) is 11.8. The van der Waals surface area contributed by atoms with Crippen molar-refractivity contribution in [3.05, 3.63) is 53.9 Å². The van der Waals surface area contributed by atoms with Crippen molar-refractivity contribution in [3.8, 4) is 0 Å². The van der Waals surface area contributed by atoms with Gasteiger partial charge in [-0.1, -0.05) is 6.07 Å². The molecule has 4 aromatic heterocycles. The van der Waals surface area contributed by atoms with Gasteiger partial charge in [-0.2, -0.15) is 9.61 Å². The fourth-order valence-corrected chi connectivity index (χ4v) is 3.07. The van der Waals surface area contributed by atoms with Crippen LogP contribution >= 0.6 is 0 Å². The van der Waals surface area contributed by atoms with E-state index in [1.54, 1.807) is 10.8 Å². The predicted octanol–water partition coefficient (Wildman–Crippen LogP) is 2.57. The molecule has 4 heterocycles. The Labute approximate surface area is 138 Å². The molecule has 1 aliphatic rings. The number of imidazole rings is 1. The first-order valence-electron chi connectivity index (χ1n) is 8.16. The summed E-state index contributed by atoms with van der Waals surface area (Å²) in [6, 6.07) is 6.22. The zero-order valence-electron chi connectivity index (χ0n) is 13.3. The third kappa shape index (κ3) is 2.12. The van der Waals surface area contributed by atoms with Gasteiger partial charge in [0.1, 0.15) is 12.0 Å². The van der Waals surface area contributed by atoms with Crippen molar-refractivity contribution in [2.75, 3.05) is 5.32 Å². The number of hydrogen-bond donors (Lipinski definition) is 1. The standard InChI is InChI=1S/C17H17N7/c1-11-3-2-6-23-13(9-19-16(11)23)8-18-15-7-14(12-4-5-12)22-24-10-20-21-17(15)24/h2-3,6-7,9-10,12,18H,4-5,8H2,1H3. The molecule has 4 aromatic rings. The highest BCUT2D eigenvalue weighted by Gasteiger charge is 2.26. The van der Waals surface area contributed by atoms with Crippen molar-refractivity contribution in [1.29, 1.82) is 0 Å². The molecule has 1 fully saturated rings. The van der Waals surface area contributed by atoms with E-state index in [1.807, 2.05) is 18.5 Å². The zero-order chi connectivity index (χ0) is 16.1. The summed E-state index contributed by atoms with van der Waals surface area (Å²) >= 11 is 0. The number of hydrogen-bond acceptors (Lipinski definition) is 5. The second kappa shape index (κ2) is 5.02. The van der Waals surface area contributed by atoms with E-state index in [0.717, 1.165) is 28.4 Å². The van der Waals surface area contributed by atoms with Gasteiger partial charge in [-0.15, -0.1) is 10.2 Å². The van der Waals surface area contributed by atoms with Crippen LogP contribution in [0.25, 0.3) is 11.3 Å². The summed E-state index contributed by atoms with van der Waals surface area (Å²) in [5.41, 5.74) is 6.10. The summed E-state index contributed by atoms with van der Waals surface area (Å²) in [6.45, 7) is 2.74. The molecule has 0 saturated heterocycles. The number of nitrogens with one attached hydrogen (secondary N) is 1. The monoisotopic (exact) mass is 319 g/mol. The third-order valence-electron chi connectivity index (χ3n) is 4.55. The lowest BCUT2D eigenvalue weighted by molar-refractivity contribution is 0.849. The van der Waals surface area contributed by atoms with Gasteiger partial charge < -0.3 is 9.72 Å². The van der Waals surface area contributed by atoms with Gasteiger partial charge in [0.05, 0.1) is 29.8 Å². The van der Waals surface area contributed by atoms with Crippen molar-refractivity contribution in [2.45, 2.75) is 32.2 Å². The van der Waals surface area contributed by atoms with E-state index in [0.29, 0.717) is 12.5 Å². The van der Waals surface area contributed by atoms with Gasteiger partial charge in [0.15, 0.2) is 0 Å². The maximum atomic E-state index is 4.60. The van der Waals surface area contributed by atoms with Crippen molar-refractivity contribution in [3.63, 3.8) is 0 Å². The van der Waals surface area contributed by atoms with E-state index in [1.165, 1.54) is 18.4 Å². The summed E-state index contributed by atoms with van der Waals surface area (Å²) in [6.07, 6.45) is 8.05. The van der Waals surface area contributed by atoms with Crippen LogP contribution < -0.4 is 5.32 Å². The maximum absolute atomic E-state index is 4.60. The maximum Gasteiger partial charge on any atom is 0.200 e. The molecule has 0 bridgehead atoms. The first kappa shape index (κ1) is 13.5. The van der Waals surface area contributed by atoms with Gasteiger partial charge in [-0.05, 0) is 37.5 Å². The lowest BCUT2D eigenvalue weighted by Crippen LogP contribution is -2.06. The van der Waals surface area contributed by atoms with Crippen LogP contribution in [0, 0.1) is 6.92 Å². The molecule has 0 aromatic carbocycles. The quantitative estimate of drug-likeness (QED) is 0.626. The summed E-state index contributed by atoms with van der Waals surface area (Å²) in [5.74, 6) is 0.579.